The van der Waals surface area contributed by atoms with Crippen LogP contribution in [0.2, 0.25) is 0 Å². The van der Waals surface area contributed by atoms with Gasteiger partial charge in [-0.3, -0.25) is 4.79 Å². The highest BCUT2D eigenvalue weighted by Gasteiger charge is 2.36. The van der Waals surface area contributed by atoms with E-state index in [-0.39, 0.29) is 11.7 Å². The maximum Gasteiger partial charge on any atom is 0.387 e. The maximum atomic E-state index is 12.9. The predicted molar refractivity (Wildman–Crippen MR) is 92.1 cm³/mol. The zero-order valence-electron chi connectivity index (χ0n) is 14.3. The lowest BCUT2D eigenvalue weighted by Gasteiger charge is -2.34. The second-order valence-corrected chi connectivity index (χ2v) is 6.82. The smallest absolute Gasteiger partial charge is 0.387 e. The van der Waals surface area contributed by atoms with E-state index in [9.17, 15) is 13.6 Å². The van der Waals surface area contributed by atoms with Crippen molar-refractivity contribution in [3.05, 3.63) is 65.2 Å². The summed E-state index contributed by atoms with van der Waals surface area (Å²) in [6.45, 7) is 1.27. The highest BCUT2D eigenvalue weighted by Crippen LogP contribution is 2.42. The molecular formula is C20H17F2NO3. The number of rotatable bonds is 3. The normalized spacial score (nSPS) is 17.5. The Labute approximate surface area is 149 Å². The molecule has 0 saturated carbocycles. The first-order valence-corrected chi connectivity index (χ1v) is 8.25. The van der Waals surface area contributed by atoms with Gasteiger partial charge >= 0.3 is 6.61 Å². The van der Waals surface area contributed by atoms with Crippen LogP contribution in [0.5, 0.6) is 11.5 Å². The van der Waals surface area contributed by atoms with Crippen molar-refractivity contribution in [1.82, 2.24) is 4.90 Å². The summed E-state index contributed by atoms with van der Waals surface area (Å²) in [5.74, 6) is 0.436. The summed E-state index contributed by atoms with van der Waals surface area (Å²) in [4.78, 5) is 14.5. The predicted octanol–water partition coefficient (Wildman–Crippen LogP) is 4.46. The van der Waals surface area contributed by atoms with Gasteiger partial charge in [-0.1, -0.05) is 18.2 Å². The van der Waals surface area contributed by atoms with E-state index in [2.05, 4.69) is 4.74 Å². The molecule has 134 valence electrons. The third-order valence-corrected chi connectivity index (χ3v) is 4.42. The van der Waals surface area contributed by atoms with Crippen molar-refractivity contribution < 1.29 is 23.0 Å². The lowest BCUT2D eigenvalue weighted by Crippen LogP contribution is -2.33. The van der Waals surface area contributed by atoms with E-state index in [1.165, 1.54) is 12.1 Å². The lowest BCUT2D eigenvalue weighted by molar-refractivity contribution is -0.0499. The molecular weight excluding hydrogens is 340 g/mol. The first-order chi connectivity index (χ1) is 12.3. The molecule has 2 aliphatic heterocycles. The van der Waals surface area contributed by atoms with Gasteiger partial charge in [-0.2, -0.15) is 8.78 Å². The van der Waals surface area contributed by atoms with Crippen LogP contribution in [0, 0.1) is 0 Å². The van der Waals surface area contributed by atoms with Crippen LogP contribution in [0.4, 0.5) is 8.78 Å². The third-order valence-electron chi connectivity index (χ3n) is 4.42. The fourth-order valence-electron chi connectivity index (χ4n) is 3.37. The molecule has 2 aromatic carbocycles. The van der Waals surface area contributed by atoms with Crippen molar-refractivity contribution in [3.63, 3.8) is 0 Å². The Balaban J connectivity index is 1.79. The Hall–Kier alpha value is -2.89. The van der Waals surface area contributed by atoms with Crippen molar-refractivity contribution in [2.45, 2.75) is 32.6 Å². The molecule has 0 unspecified atom stereocenters. The van der Waals surface area contributed by atoms with Crippen LogP contribution in [0.1, 0.15) is 35.3 Å². The van der Waals surface area contributed by atoms with Gasteiger partial charge in [-0.05, 0) is 49.8 Å². The van der Waals surface area contributed by atoms with Crippen molar-refractivity contribution in [1.29, 1.82) is 0 Å². The number of benzene rings is 2. The van der Waals surface area contributed by atoms with Crippen LogP contribution >= 0.6 is 0 Å². The molecule has 0 fully saturated rings. The van der Waals surface area contributed by atoms with Gasteiger partial charge < -0.3 is 14.4 Å². The van der Waals surface area contributed by atoms with Crippen LogP contribution in [0.15, 0.2) is 48.5 Å². The molecule has 4 rings (SSSR count). The van der Waals surface area contributed by atoms with Gasteiger partial charge in [0, 0.05) is 11.1 Å². The second kappa shape index (κ2) is 5.83. The molecule has 26 heavy (non-hydrogen) atoms. The fourth-order valence-corrected chi connectivity index (χ4v) is 3.37. The second-order valence-electron chi connectivity index (χ2n) is 6.82. The number of ether oxygens (including phenoxy) is 2. The molecule has 0 N–H and O–H groups in total. The minimum Gasteiger partial charge on any atom is -0.483 e. The number of hydrogen-bond acceptors (Lipinski definition) is 3. The van der Waals surface area contributed by atoms with Crippen LogP contribution in [-0.2, 0) is 6.54 Å². The third kappa shape index (κ3) is 2.81. The van der Waals surface area contributed by atoms with Gasteiger partial charge in [0.05, 0.1) is 12.2 Å². The van der Waals surface area contributed by atoms with Crippen molar-refractivity contribution in [3.8, 4) is 11.5 Å². The van der Waals surface area contributed by atoms with E-state index in [1.807, 2.05) is 38.1 Å². The van der Waals surface area contributed by atoms with Crippen LogP contribution in [0.25, 0.3) is 5.70 Å². The van der Waals surface area contributed by atoms with E-state index in [0.717, 1.165) is 5.56 Å². The maximum absolute atomic E-state index is 12.9. The molecule has 4 nitrogen and oxygen atoms in total. The number of carbonyl (C=O) groups is 1. The topological polar surface area (TPSA) is 38.8 Å². The molecule has 0 atom stereocenters. The Kier molecular flexibility index (Phi) is 3.72. The van der Waals surface area contributed by atoms with E-state index in [1.54, 1.807) is 17.0 Å². The molecule has 2 heterocycles. The molecule has 6 heteroatoms. The first-order valence-electron chi connectivity index (χ1n) is 8.25. The number of carbonyl (C=O) groups excluding carboxylic acids is 1. The molecule has 2 aliphatic rings. The standard InChI is InChI=1S/C20H17F2NO3/c1-20(2)10-16(23-11-12-5-3-4-6-14(12)18(23)24)15-9-13(25-19(21)22)7-8-17(15)26-20/h3-10,19H,11H2,1-2H3. The largest absolute Gasteiger partial charge is 0.483 e. The van der Waals surface area contributed by atoms with Gasteiger partial charge in [0.2, 0.25) is 0 Å². The highest BCUT2D eigenvalue weighted by atomic mass is 19.3. The molecule has 0 saturated heterocycles. The summed E-state index contributed by atoms with van der Waals surface area (Å²) in [5, 5.41) is 0. The molecule has 0 spiro atoms. The first kappa shape index (κ1) is 16.6. The van der Waals surface area contributed by atoms with E-state index < -0.39 is 12.2 Å². The summed E-state index contributed by atoms with van der Waals surface area (Å²) in [6.07, 6.45) is 1.84. The number of fused-ring (bicyclic) bond motifs is 2. The minimum atomic E-state index is -2.92. The van der Waals surface area contributed by atoms with Gasteiger partial charge in [-0.15, -0.1) is 0 Å². The van der Waals surface area contributed by atoms with Crippen LogP contribution < -0.4 is 9.47 Å². The Morgan fingerprint density at radius 3 is 2.65 bits per heavy atom. The van der Waals surface area contributed by atoms with Crippen molar-refractivity contribution >= 4 is 11.6 Å². The summed E-state index contributed by atoms with van der Waals surface area (Å²) >= 11 is 0. The Morgan fingerprint density at radius 1 is 1.15 bits per heavy atom. The average Bonchev–Trinajstić information content (AvgIpc) is 2.91. The minimum absolute atomic E-state index is 0.0251. The zero-order valence-corrected chi connectivity index (χ0v) is 14.3. The Bertz CT molecular complexity index is 921. The molecule has 0 radical (unpaired) electrons. The van der Waals surface area contributed by atoms with Crippen molar-refractivity contribution in [2.75, 3.05) is 0 Å². The summed E-state index contributed by atoms with van der Waals surface area (Å²) in [7, 11) is 0. The molecule has 1 amide bonds. The number of hydrogen-bond donors (Lipinski definition) is 0. The van der Waals surface area contributed by atoms with Crippen LogP contribution in [-0.4, -0.2) is 23.0 Å². The summed E-state index contributed by atoms with van der Waals surface area (Å²) < 4.78 is 35.6. The van der Waals surface area contributed by atoms with E-state index in [0.29, 0.717) is 29.1 Å². The van der Waals surface area contributed by atoms with Crippen molar-refractivity contribution in [2.24, 2.45) is 0 Å². The lowest BCUT2D eigenvalue weighted by atomic mass is 9.98. The Morgan fingerprint density at radius 2 is 1.92 bits per heavy atom. The average molecular weight is 357 g/mol. The molecule has 0 aliphatic carbocycles. The van der Waals surface area contributed by atoms with E-state index in [4.69, 9.17) is 4.74 Å². The molecule has 0 aromatic heterocycles. The van der Waals surface area contributed by atoms with Gasteiger partial charge in [0.1, 0.15) is 17.1 Å². The SMILES string of the molecule is CC1(C)C=C(N2Cc3ccccc3C2=O)c2cc(OC(F)F)ccc2O1. The monoisotopic (exact) mass is 357 g/mol. The summed E-state index contributed by atoms with van der Waals surface area (Å²) in [5.41, 5.74) is 2.15. The summed E-state index contributed by atoms with van der Waals surface area (Å²) in [6, 6.07) is 11.9. The van der Waals surface area contributed by atoms with Gasteiger partial charge in [0.15, 0.2) is 0 Å². The van der Waals surface area contributed by atoms with Crippen LogP contribution in [0.3, 0.4) is 0 Å². The number of amides is 1. The number of alkyl halides is 2. The quantitative estimate of drug-likeness (QED) is 0.814. The zero-order chi connectivity index (χ0) is 18.5. The number of halogens is 2. The highest BCUT2D eigenvalue weighted by molar-refractivity contribution is 6.04. The van der Waals surface area contributed by atoms with Gasteiger partial charge in [-0.25, -0.2) is 0 Å². The van der Waals surface area contributed by atoms with Gasteiger partial charge in [0.25, 0.3) is 5.91 Å². The van der Waals surface area contributed by atoms with E-state index >= 15 is 0 Å². The number of nitrogens with zero attached hydrogens (tertiary/aromatic N) is 1. The molecule has 2 aromatic rings. The fraction of sp³-hybridized carbons (Fsp3) is 0.250. The molecule has 0 bridgehead atoms.